The zero-order chi connectivity index (χ0) is 16.5. The summed E-state index contributed by atoms with van der Waals surface area (Å²) < 4.78 is 44.1. The van der Waals surface area contributed by atoms with E-state index in [4.69, 9.17) is 16.3 Å². The van der Waals surface area contributed by atoms with E-state index in [0.717, 1.165) is 4.68 Å². The summed E-state index contributed by atoms with van der Waals surface area (Å²) in [5.41, 5.74) is -1.09. The Morgan fingerprint density at radius 1 is 1.36 bits per heavy atom. The monoisotopic (exact) mass is 333 g/mol. The van der Waals surface area contributed by atoms with Gasteiger partial charge in [0.05, 0.1) is 12.7 Å². The van der Waals surface area contributed by atoms with E-state index in [-0.39, 0.29) is 17.1 Å². The summed E-state index contributed by atoms with van der Waals surface area (Å²) in [6.07, 6.45) is -4.71. The fourth-order valence-corrected chi connectivity index (χ4v) is 2.14. The predicted octanol–water partition coefficient (Wildman–Crippen LogP) is 3.35. The van der Waals surface area contributed by atoms with Gasteiger partial charge in [0.15, 0.2) is 11.5 Å². The second-order valence-corrected chi connectivity index (χ2v) is 4.66. The number of ether oxygens (including phenoxy) is 1. The van der Waals surface area contributed by atoms with Crippen LogP contribution >= 0.6 is 11.6 Å². The van der Waals surface area contributed by atoms with Crippen molar-refractivity contribution in [1.29, 1.82) is 0 Å². The topological polar surface area (TPSA) is 56.1 Å². The second kappa shape index (κ2) is 5.88. The summed E-state index contributed by atoms with van der Waals surface area (Å²) >= 11 is 5.67. The number of methoxy groups -OCH3 is 1. The summed E-state index contributed by atoms with van der Waals surface area (Å²) in [7, 11) is 2.63. The number of benzene rings is 1. The number of para-hydroxylation sites is 1. The number of nitrogens with zero attached hydrogens (tertiary/aromatic N) is 2. The van der Waals surface area contributed by atoms with Gasteiger partial charge in [0.2, 0.25) is 0 Å². The average Bonchev–Trinajstić information content (AvgIpc) is 2.75. The lowest BCUT2D eigenvalue weighted by Crippen LogP contribution is -2.15. The van der Waals surface area contributed by atoms with E-state index in [9.17, 15) is 18.0 Å². The number of anilines is 1. The highest BCUT2D eigenvalue weighted by molar-refractivity contribution is 6.34. The number of rotatable bonds is 3. The largest absolute Gasteiger partial charge is 0.496 e. The van der Waals surface area contributed by atoms with Gasteiger partial charge < -0.3 is 10.1 Å². The molecule has 2 aromatic rings. The van der Waals surface area contributed by atoms with Gasteiger partial charge in [-0.1, -0.05) is 23.7 Å². The average molecular weight is 334 g/mol. The Hall–Kier alpha value is -2.22. The normalized spacial score (nSPS) is 11.4. The van der Waals surface area contributed by atoms with Crippen LogP contribution in [0.1, 0.15) is 16.1 Å². The van der Waals surface area contributed by atoms with Crippen molar-refractivity contribution in [2.75, 3.05) is 12.4 Å². The third kappa shape index (κ3) is 3.01. The maximum absolute atomic E-state index is 12.7. The van der Waals surface area contributed by atoms with Crippen LogP contribution in [-0.2, 0) is 13.2 Å². The lowest BCUT2D eigenvalue weighted by atomic mass is 10.2. The minimum atomic E-state index is -4.71. The zero-order valence-electron chi connectivity index (χ0n) is 11.5. The van der Waals surface area contributed by atoms with Crippen LogP contribution in [0.15, 0.2) is 24.3 Å². The second-order valence-electron chi connectivity index (χ2n) is 4.29. The number of alkyl halides is 3. The molecular formula is C13H11ClF3N3O2. The molecule has 1 aromatic heterocycles. The zero-order valence-corrected chi connectivity index (χ0v) is 12.3. The minimum Gasteiger partial charge on any atom is -0.496 e. The Morgan fingerprint density at radius 3 is 2.55 bits per heavy atom. The highest BCUT2D eigenvalue weighted by Crippen LogP contribution is 2.37. The van der Waals surface area contributed by atoms with Crippen molar-refractivity contribution in [2.45, 2.75) is 6.18 Å². The van der Waals surface area contributed by atoms with Gasteiger partial charge in [0.1, 0.15) is 10.8 Å². The molecule has 0 aliphatic rings. The number of amides is 1. The summed E-state index contributed by atoms with van der Waals surface area (Å²) in [4.78, 5) is 12.2. The minimum absolute atomic E-state index is 0.163. The van der Waals surface area contributed by atoms with Crippen molar-refractivity contribution in [1.82, 2.24) is 9.78 Å². The Bertz CT molecular complexity index is 713. The van der Waals surface area contributed by atoms with Crippen LogP contribution < -0.4 is 10.1 Å². The standard InChI is InChI=1S/C13H11ClF3N3O2/c1-20-11(9(14)10(19-20)13(15,16)17)18-12(21)7-5-3-4-6-8(7)22-2/h3-6H,1-2H3,(H,18,21). The number of hydrogen-bond donors (Lipinski definition) is 1. The molecule has 0 saturated carbocycles. The molecule has 9 heteroatoms. The molecule has 0 bridgehead atoms. The van der Waals surface area contributed by atoms with Gasteiger partial charge in [0, 0.05) is 7.05 Å². The van der Waals surface area contributed by atoms with E-state index in [1.165, 1.54) is 20.2 Å². The Kier molecular flexibility index (Phi) is 4.32. The molecule has 0 saturated heterocycles. The van der Waals surface area contributed by atoms with Crippen molar-refractivity contribution < 1.29 is 22.7 Å². The number of aromatic nitrogens is 2. The van der Waals surface area contributed by atoms with Crippen LogP contribution in [0.5, 0.6) is 5.75 Å². The van der Waals surface area contributed by atoms with Crippen LogP contribution in [0.2, 0.25) is 5.02 Å². The smallest absolute Gasteiger partial charge is 0.436 e. The fraction of sp³-hybridized carbons (Fsp3) is 0.231. The molecule has 1 N–H and O–H groups in total. The molecule has 0 fully saturated rings. The highest BCUT2D eigenvalue weighted by atomic mass is 35.5. The summed E-state index contributed by atoms with van der Waals surface area (Å²) in [5.74, 6) is -0.615. The maximum Gasteiger partial charge on any atom is 0.436 e. The Balaban J connectivity index is 2.35. The van der Waals surface area contributed by atoms with Crippen molar-refractivity contribution in [3.8, 4) is 5.75 Å². The first-order chi connectivity index (χ1) is 10.3. The van der Waals surface area contributed by atoms with Gasteiger partial charge >= 0.3 is 6.18 Å². The van der Waals surface area contributed by atoms with Crippen LogP contribution in [0.4, 0.5) is 19.0 Å². The number of carbonyl (C=O) groups excluding carboxylic acids is 1. The Labute approximate surface area is 128 Å². The molecule has 0 aliphatic carbocycles. The summed E-state index contributed by atoms with van der Waals surface area (Å²) in [5, 5.41) is 4.93. The van der Waals surface area contributed by atoms with Crippen molar-refractivity contribution in [2.24, 2.45) is 7.05 Å². The van der Waals surface area contributed by atoms with Gasteiger partial charge in [-0.2, -0.15) is 18.3 Å². The van der Waals surface area contributed by atoms with E-state index in [2.05, 4.69) is 10.4 Å². The predicted molar refractivity (Wildman–Crippen MR) is 74.2 cm³/mol. The van der Waals surface area contributed by atoms with Gasteiger partial charge in [-0.3, -0.25) is 9.48 Å². The number of carbonyl (C=O) groups is 1. The van der Waals surface area contributed by atoms with Crippen LogP contribution in [0.3, 0.4) is 0 Å². The molecule has 1 amide bonds. The molecule has 1 aromatic carbocycles. The molecule has 118 valence electrons. The number of halogens is 4. The summed E-state index contributed by atoms with van der Waals surface area (Å²) in [6, 6.07) is 6.29. The van der Waals surface area contributed by atoms with E-state index in [1.54, 1.807) is 18.2 Å². The molecular weight excluding hydrogens is 323 g/mol. The van der Waals surface area contributed by atoms with Crippen LogP contribution in [-0.4, -0.2) is 22.8 Å². The van der Waals surface area contributed by atoms with Gasteiger partial charge in [-0.25, -0.2) is 0 Å². The molecule has 22 heavy (non-hydrogen) atoms. The number of aryl methyl sites for hydroxylation is 1. The molecule has 0 atom stereocenters. The lowest BCUT2D eigenvalue weighted by molar-refractivity contribution is -0.141. The van der Waals surface area contributed by atoms with Crippen LogP contribution in [0.25, 0.3) is 0 Å². The van der Waals surface area contributed by atoms with Gasteiger partial charge in [0.25, 0.3) is 5.91 Å². The molecule has 2 rings (SSSR count). The number of nitrogens with one attached hydrogen (secondary N) is 1. The number of hydrogen-bond acceptors (Lipinski definition) is 3. The SMILES string of the molecule is COc1ccccc1C(=O)Nc1c(Cl)c(C(F)(F)F)nn1C. The first kappa shape index (κ1) is 16.2. The molecule has 5 nitrogen and oxygen atoms in total. The van der Waals surface area contributed by atoms with E-state index >= 15 is 0 Å². The molecule has 0 spiro atoms. The van der Waals surface area contributed by atoms with E-state index in [0.29, 0.717) is 0 Å². The molecule has 1 heterocycles. The van der Waals surface area contributed by atoms with Crippen molar-refractivity contribution in [3.63, 3.8) is 0 Å². The third-order valence-electron chi connectivity index (χ3n) is 2.84. The quantitative estimate of drug-likeness (QED) is 0.937. The molecule has 0 aliphatic heterocycles. The van der Waals surface area contributed by atoms with Crippen LogP contribution in [0, 0.1) is 0 Å². The molecule has 0 unspecified atom stereocenters. The van der Waals surface area contributed by atoms with Crippen molar-refractivity contribution in [3.05, 3.63) is 40.5 Å². The Morgan fingerprint density at radius 2 is 2.00 bits per heavy atom. The van der Waals surface area contributed by atoms with Crippen molar-refractivity contribution >= 4 is 23.3 Å². The van der Waals surface area contributed by atoms with E-state index < -0.39 is 22.8 Å². The summed E-state index contributed by atoms with van der Waals surface area (Å²) in [6.45, 7) is 0. The fourth-order valence-electron chi connectivity index (χ4n) is 1.82. The van der Waals surface area contributed by atoms with Gasteiger partial charge in [-0.05, 0) is 12.1 Å². The molecule has 0 radical (unpaired) electrons. The first-order valence-electron chi connectivity index (χ1n) is 5.99. The van der Waals surface area contributed by atoms with Gasteiger partial charge in [-0.15, -0.1) is 0 Å². The third-order valence-corrected chi connectivity index (χ3v) is 3.20. The maximum atomic E-state index is 12.7. The highest BCUT2D eigenvalue weighted by Gasteiger charge is 2.39. The van der Waals surface area contributed by atoms with E-state index in [1.807, 2.05) is 0 Å². The lowest BCUT2D eigenvalue weighted by Gasteiger charge is -2.09. The first-order valence-corrected chi connectivity index (χ1v) is 6.37.